The van der Waals surface area contributed by atoms with Crippen molar-refractivity contribution in [2.24, 2.45) is 0 Å². The maximum absolute atomic E-state index is 13.9. The summed E-state index contributed by atoms with van der Waals surface area (Å²) in [5.41, 5.74) is 1.83. The zero-order chi connectivity index (χ0) is 20.3. The summed E-state index contributed by atoms with van der Waals surface area (Å²) in [5, 5.41) is 12.7. The fourth-order valence-corrected chi connectivity index (χ4v) is 3.50. The molecule has 28 heavy (non-hydrogen) atoms. The summed E-state index contributed by atoms with van der Waals surface area (Å²) in [4.78, 5) is 26.7. The number of carbonyl (C=O) groups excluding carboxylic acids is 2. The highest BCUT2D eigenvalue weighted by molar-refractivity contribution is 6.31. The molecule has 1 aliphatic rings. The van der Waals surface area contributed by atoms with Crippen LogP contribution in [0.2, 0.25) is 5.02 Å². The lowest BCUT2D eigenvalue weighted by molar-refractivity contribution is -0.115. The van der Waals surface area contributed by atoms with E-state index in [-0.39, 0.29) is 22.9 Å². The van der Waals surface area contributed by atoms with Gasteiger partial charge in [-0.05, 0) is 49.6 Å². The summed E-state index contributed by atoms with van der Waals surface area (Å²) in [6.07, 6.45) is 0.734. The van der Waals surface area contributed by atoms with Crippen LogP contribution >= 0.6 is 11.6 Å². The number of halogens is 2. The molecular formula is C21H22ClFN2O3. The molecule has 1 aliphatic heterocycles. The van der Waals surface area contributed by atoms with Crippen molar-refractivity contribution in [2.45, 2.75) is 32.3 Å². The summed E-state index contributed by atoms with van der Waals surface area (Å²) in [7, 11) is 0. The molecule has 3 rings (SSSR count). The zero-order valence-corrected chi connectivity index (χ0v) is 16.3. The Balaban J connectivity index is 1.74. The number of β-amino-alcohol motifs (C(OH)–C–C–N with tert-alkyl or cyclic N) is 1. The third kappa shape index (κ3) is 4.69. The summed E-state index contributed by atoms with van der Waals surface area (Å²) < 4.78 is 13.9. The van der Waals surface area contributed by atoms with Crippen molar-refractivity contribution in [3.05, 3.63) is 63.9 Å². The number of carbonyl (C=O) groups is 2. The van der Waals surface area contributed by atoms with Gasteiger partial charge in [0.1, 0.15) is 5.82 Å². The van der Waals surface area contributed by atoms with E-state index in [4.69, 9.17) is 11.6 Å². The predicted molar refractivity (Wildman–Crippen MR) is 106 cm³/mol. The Morgan fingerprint density at radius 2 is 2.11 bits per heavy atom. The minimum Gasteiger partial charge on any atom is -0.391 e. The van der Waals surface area contributed by atoms with Gasteiger partial charge >= 0.3 is 0 Å². The lowest BCUT2D eigenvalue weighted by Crippen LogP contribution is -2.42. The molecule has 5 nitrogen and oxygen atoms in total. The van der Waals surface area contributed by atoms with Crippen molar-refractivity contribution >= 4 is 29.1 Å². The first-order valence-electron chi connectivity index (χ1n) is 9.16. The molecule has 1 unspecified atom stereocenters. The zero-order valence-electron chi connectivity index (χ0n) is 15.5. The van der Waals surface area contributed by atoms with E-state index in [9.17, 15) is 19.1 Å². The first-order valence-corrected chi connectivity index (χ1v) is 9.53. The second-order valence-corrected chi connectivity index (χ2v) is 7.41. The average molecular weight is 405 g/mol. The Kier molecular flexibility index (Phi) is 6.31. The Labute approximate surface area is 168 Å². The third-order valence-corrected chi connectivity index (χ3v) is 5.20. The van der Waals surface area contributed by atoms with E-state index in [0.717, 1.165) is 12.0 Å². The monoisotopic (exact) mass is 404 g/mol. The molecule has 2 amide bonds. The first-order chi connectivity index (χ1) is 13.3. The van der Waals surface area contributed by atoms with Gasteiger partial charge in [-0.15, -0.1) is 0 Å². The van der Waals surface area contributed by atoms with E-state index in [0.29, 0.717) is 30.8 Å². The van der Waals surface area contributed by atoms with Crippen LogP contribution in [0.25, 0.3) is 0 Å². The summed E-state index contributed by atoms with van der Waals surface area (Å²) in [6.45, 7) is 2.71. The fourth-order valence-electron chi connectivity index (χ4n) is 3.27. The van der Waals surface area contributed by atoms with Gasteiger partial charge in [-0.1, -0.05) is 23.7 Å². The van der Waals surface area contributed by atoms with E-state index >= 15 is 0 Å². The Morgan fingerprint density at radius 3 is 2.82 bits per heavy atom. The van der Waals surface area contributed by atoms with Crippen LogP contribution in [0.1, 0.15) is 34.3 Å². The fraction of sp³-hybridized carbons (Fsp3) is 0.333. The molecule has 2 N–H and O–H groups in total. The van der Waals surface area contributed by atoms with Crippen molar-refractivity contribution in [1.82, 2.24) is 4.90 Å². The van der Waals surface area contributed by atoms with Gasteiger partial charge in [0.05, 0.1) is 12.5 Å². The van der Waals surface area contributed by atoms with Gasteiger partial charge < -0.3 is 15.3 Å². The number of hydrogen-bond donors (Lipinski definition) is 2. The molecule has 1 atom stereocenters. The number of hydrogen-bond acceptors (Lipinski definition) is 3. The van der Waals surface area contributed by atoms with E-state index in [1.54, 1.807) is 23.1 Å². The number of aliphatic hydroxyl groups is 1. The van der Waals surface area contributed by atoms with Crippen LogP contribution in [0.5, 0.6) is 0 Å². The molecule has 0 aliphatic carbocycles. The SMILES string of the molecule is Cc1ccc(C(=O)N2CCCC(O)C2)cc1NC(=O)Cc1c(F)cccc1Cl. The summed E-state index contributed by atoms with van der Waals surface area (Å²) in [6, 6.07) is 9.33. The minimum atomic E-state index is -0.535. The second-order valence-electron chi connectivity index (χ2n) is 7.00. The highest BCUT2D eigenvalue weighted by Gasteiger charge is 2.23. The van der Waals surface area contributed by atoms with Gasteiger partial charge in [-0.3, -0.25) is 9.59 Å². The first kappa shape index (κ1) is 20.3. The number of rotatable bonds is 4. The Hall–Kier alpha value is -2.44. The van der Waals surface area contributed by atoms with Crippen LogP contribution in [0.3, 0.4) is 0 Å². The number of likely N-dealkylation sites (tertiary alicyclic amines) is 1. The van der Waals surface area contributed by atoms with Gasteiger partial charge in [0.2, 0.25) is 5.91 Å². The molecule has 0 spiro atoms. The van der Waals surface area contributed by atoms with Crippen LogP contribution in [0, 0.1) is 12.7 Å². The number of anilines is 1. The lowest BCUT2D eigenvalue weighted by Gasteiger charge is -2.30. The Morgan fingerprint density at radius 1 is 1.32 bits per heavy atom. The molecule has 1 saturated heterocycles. The summed E-state index contributed by atoms with van der Waals surface area (Å²) in [5.74, 6) is -1.15. The molecule has 1 heterocycles. The van der Waals surface area contributed by atoms with Crippen LogP contribution in [-0.4, -0.2) is 41.0 Å². The van der Waals surface area contributed by atoms with E-state index in [1.807, 2.05) is 6.92 Å². The van der Waals surface area contributed by atoms with E-state index in [1.165, 1.54) is 18.2 Å². The Bertz CT molecular complexity index is 883. The summed E-state index contributed by atoms with van der Waals surface area (Å²) >= 11 is 5.98. The highest BCUT2D eigenvalue weighted by Crippen LogP contribution is 2.23. The van der Waals surface area contributed by atoms with Crippen LogP contribution in [0.4, 0.5) is 10.1 Å². The van der Waals surface area contributed by atoms with Gasteiger partial charge in [0.15, 0.2) is 0 Å². The standard InChI is InChI=1S/C21H22ClFN2O3/c1-13-7-8-14(21(28)25-9-3-4-15(26)12-25)10-19(13)24-20(27)11-16-17(22)5-2-6-18(16)23/h2,5-8,10,15,26H,3-4,9,11-12H2,1H3,(H,24,27). The molecule has 0 aromatic heterocycles. The van der Waals surface area contributed by atoms with Crippen LogP contribution in [0.15, 0.2) is 36.4 Å². The van der Waals surface area contributed by atoms with Crippen molar-refractivity contribution < 1.29 is 19.1 Å². The van der Waals surface area contributed by atoms with Crippen LogP contribution < -0.4 is 5.32 Å². The van der Waals surface area contributed by atoms with Gasteiger partial charge in [0.25, 0.3) is 5.91 Å². The highest BCUT2D eigenvalue weighted by atomic mass is 35.5. The van der Waals surface area contributed by atoms with Crippen molar-refractivity contribution in [3.8, 4) is 0 Å². The largest absolute Gasteiger partial charge is 0.391 e. The number of benzene rings is 2. The molecule has 7 heteroatoms. The quantitative estimate of drug-likeness (QED) is 0.818. The number of nitrogens with one attached hydrogen (secondary N) is 1. The third-order valence-electron chi connectivity index (χ3n) is 4.84. The minimum absolute atomic E-state index is 0.133. The van der Waals surface area contributed by atoms with E-state index in [2.05, 4.69) is 5.32 Å². The molecule has 0 radical (unpaired) electrons. The van der Waals surface area contributed by atoms with Crippen molar-refractivity contribution in [3.63, 3.8) is 0 Å². The van der Waals surface area contributed by atoms with Crippen molar-refractivity contribution in [1.29, 1.82) is 0 Å². The van der Waals surface area contributed by atoms with Crippen molar-refractivity contribution in [2.75, 3.05) is 18.4 Å². The maximum atomic E-state index is 13.9. The molecule has 2 aromatic carbocycles. The van der Waals surface area contributed by atoms with Gasteiger partial charge in [-0.25, -0.2) is 4.39 Å². The number of piperidine rings is 1. The topological polar surface area (TPSA) is 69.6 Å². The lowest BCUT2D eigenvalue weighted by atomic mass is 10.0. The number of aryl methyl sites for hydroxylation is 1. The molecule has 1 fully saturated rings. The normalized spacial score (nSPS) is 16.7. The molecule has 0 bridgehead atoms. The molecule has 2 aromatic rings. The molecule has 148 valence electrons. The predicted octanol–water partition coefficient (Wildman–Crippen LogP) is 3.57. The second kappa shape index (κ2) is 8.71. The maximum Gasteiger partial charge on any atom is 0.254 e. The smallest absolute Gasteiger partial charge is 0.254 e. The molecule has 0 saturated carbocycles. The number of aliphatic hydroxyl groups excluding tert-OH is 1. The van der Waals surface area contributed by atoms with Crippen LogP contribution in [-0.2, 0) is 11.2 Å². The average Bonchev–Trinajstić information content (AvgIpc) is 2.66. The number of amides is 2. The molecular weight excluding hydrogens is 383 g/mol. The number of nitrogens with zero attached hydrogens (tertiary/aromatic N) is 1. The van der Waals surface area contributed by atoms with Gasteiger partial charge in [0, 0.05) is 34.9 Å². The van der Waals surface area contributed by atoms with Gasteiger partial charge in [-0.2, -0.15) is 0 Å². The van der Waals surface area contributed by atoms with E-state index < -0.39 is 17.8 Å².